The van der Waals surface area contributed by atoms with Crippen molar-refractivity contribution in [3.63, 3.8) is 0 Å². The number of benzene rings is 2. The maximum absolute atomic E-state index is 9.74. The van der Waals surface area contributed by atoms with Crippen LogP contribution in [0.5, 0.6) is 0 Å². The Morgan fingerprint density at radius 2 is 1.26 bits per heavy atom. The summed E-state index contributed by atoms with van der Waals surface area (Å²) in [5.74, 6) is 0. The molecule has 19 heavy (non-hydrogen) atoms. The second-order valence-corrected chi connectivity index (χ2v) is 4.81. The topological polar surface area (TPSA) is 46.5 Å². The quantitative estimate of drug-likeness (QED) is 0.845. The summed E-state index contributed by atoms with van der Waals surface area (Å²) in [4.78, 5) is 8.01. The molecule has 0 heterocycles. The Bertz CT molecular complexity index is 446. The van der Waals surface area contributed by atoms with E-state index in [1.807, 2.05) is 12.1 Å². The van der Waals surface area contributed by atoms with E-state index in [2.05, 4.69) is 53.1 Å². The molecule has 0 aliphatic rings. The molecule has 1 atom stereocenters. The molecule has 0 bridgehead atoms. The lowest BCUT2D eigenvalue weighted by Gasteiger charge is -1.98. The smallest absolute Gasteiger partial charge is 0.133 e. The molecule has 0 fully saturated rings. The summed E-state index contributed by atoms with van der Waals surface area (Å²) in [6, 6.07) is 20.8. The van der Waals surface area contributed by atoms with Gasteiger partial charge in [-0.05, 0) is 25.0 Å². The zero-order chi connectivity index (χ0) is 14.1. The third-order valence-electron chi connectivity index (χ3n) is 2.18. The van der Waals surface area contributed by atoms with Gasteiger partial charge in [-0.25, -0.2) is 0 Å². The molecule has 100 valence electrons. The van der Waals surface area contributed by atoms with Crippen LogP contribution in [-0.4, -0.2) is 11.0 Å². The van der Waals surface area contributed by atoms with Gasteiger partial charge in [0.2, 0.25) is 0 Å². The maximum Gasteiger partial charge on any atom is 0.694 e. The number of hydrogen-bond acceptors (Lipinski definition) is 2. The van der Waals surface area contributed by atoms with Crippen LogP contribution in [0.25, 0.3) is 11.1 Å². The monoisotopic (exact) mass is 277 g/mol. The van der Waals surface area contributed by atoms with Gasteiger partial charge in [-0.1, -0.05) is 60.7 Å². The molecular weight excluding hydrogens is 259 g/mol. The minimum absolute atomic E-state index is 0.159. The molecule has 2 aromatic carbocycles. The fourth-order valence-corrected chi connectivity index (χ4v) is 1.80. The molecule has 2 rings (SSSR count). The maximum atomic E-state index is 9.74. The van der Waals surface area contributed by atoms with Gasteiger partial charge in [-0.3, -0.25) is 0 Å². The van der Waals surface area contributed by atoms with Gasteiger partial charge in [0.05, 0.1) is 0 Å². The van der Waals surface area contributed by atoms with Crippen molar-refractivity contribution in [1.82, 2.24) is 0 Å². The Labute approximate surface area is 114 Å². The van der Waals surface area contributed by atoms with Gasteiger partial charge in [-0.15, -0.1) is 9.42 Å². The van der Waals surface area contributed by atoms with Gasteiger partial charge in [0.15, 0.2) is 0 Å². The highest BCUT2D eigenvalue weighted by Gasteiger charge is 2.13. The van der Waals surface area contributed by atoms with Gasteiger partial charge in [-0.2, -0.15) is 0 Å². The van der Waals surface area contributed by atoms with E-state index in [4.69, 9.17) is 4.89 Å². The summed E-state index contributed by atoms with van der Waals surface area (Å²) < 4.78 is 14.1. The van der Waals surface area contributed by atoms with Crippen LogP contribution in [0.1, 0.15) is 13.8 Å². The molecule has 0 spiro atoms. The number of hydrogen-bond donors (Lipinski definition) is 1. The Balaban J connectivity index is 0.000000224. The number of rotatable bonds is 3. The van der Waals surface area contributed by atoms with E-state index in [-0.39, 0.29) is 6.10 Å². The fourth-order valence-electron chi connectivity index (χ4n) is 1.44. The molecule has 0 saturated heterocycles. The SMILES string of the molecule is CC(C)O[P+](=O)O.c1ccc(-c2ccccc2)cc1. The van der Waals surface area contributed by atoms with E-state index in [1.165, 1.54) is 11.1 Å². The highest BCUT2D eigenvalue weighted by atomic mass is 31.1. The molecule has 1 N–H and O–H groups in total. The second kappa shape index (κ2) is 8.54. The third kappa shape index (κ3) is 6.82. The predicted molar refractivity (Wildman–Crippen MR) is 77.9 cm³/mol. The summed E-state index contributed by atoms with van der Waals surface area (Å²) in [5.41, 5.74) is 2.55. The highest BCUT2D eigenvalue weighted by Crippen LogP contribution is 2.17. The minimum atomic E-state index is -2.39. The average molecular weight is 277 g/mol. The molecular formula is C15H18O3P+. The van der Waals surface area contributed by atoms with E-state index in [1.54, 1.807) is 13.8 Å². The van der Waals surface area contributed by atoms with E-state index in [9.17, 15) is 4.57 Å². The highest BCUT2D eigenvalue weighted by molar-refractivity contribution is 7.32. The molecule has 4 heteroatoms. The second-order valence-electron chi connectivity index (χ2n) is 4.12. The van der Waals surface area contributed by atoms with Crippen molar-refractivity contribution in [2.45, 2.75) is 20.0 Å². The molecule has 0 saturated carbocycles. The first-order valence-electron chi connectivity index (χ1n) is 6.03. The first kappa shape index (κ1) is 15.5. The van der Waals surface area contributed by atoms with Crippen LogP contribution in [0.4, 0.5) is 0 Å². The lowest BCUT2D eigenvalue weighted by molar-refractivity contribution is 0.222. The van der Waals surface area contributed by atoms with Crippen molar-refractivity contribution in [2.75, 3.05) is 0 Å². The van der Waals surface area contributed by atoms with Gasteiger partial charge >= 0.3 is 8.25 Å². The largest absolute Gasteiger partial charge is 0.694 e. The van der Waals surface area contributed by atoms with Crippen molar-refractivity contribution in [3.05, 3.63) is 60.7 Å². The Kier molecular flexibility index (Phi) is 6.98. The van der Waals surface area contributed by atoms with Crippen LogP contribution in [0.2, 0.25) is 0 Å². The van der Waals surface area contributed by atoms with Crippen LogP contribution in [0, 0.1) is 0 Å². The van der Waals surface area contributed by atoms with Crippen LogP contribution in [0.15, 0.2) is 60.7 Å². The van der Waals surface area contributed by atoms with Crippen molar-refractivity contribution in [3.8, 4) is 11.1 Å². The Hall–Kier alpha value is -1.54. The van der Waals surface area contributed by atoms with Crippen LogP contribution >= 0.6 is 8.25 Å². The third-order valence-corrected chi connectivity index (χ3v) is 2.78. The van der Waals surface area contributed by atoms with Crippen LogP contribution < -0.4 is 0 Å². The van der Waals surface area contributed by atoms with Gasteiger partial charge in [0.25, 0.3) is 0 Å². The normalized spacial score (nSPS) is 10.6. The summed E-state index contributed by atoms with van der Waals surface area (Å²) in [6.45, 7) is 3.40. The summed E-state index contributed by atoms with van der Waals surface area (Å²) in [5, 5.41) is 0. The molecule has 0 aliphatic heterocycles. The minimum Gasteiger partial charge on any atom is -0.133 e. The molecule has 0 aliphatic carbocycles. The molecule has 0 aromatic heterocycles. The van der Waals surface area contributed by atoms with E-state index >= 15 is 0 Å². The predicted octanol–water partition coefficient (Wildman–Crippen LogP) is 4.41. The lowest BCUT2D eigenvalue weighted by atomic mass is 10.1. The average Bonchev–Trinajstić information content (AvgIpc) is 2.40. The first-order chi connectivity index (χ1) is 9.09. The summed E-state index contributed by atoms with van der Waals surface area (Å²) in [6.07, 6.45) is -0.159. The summed E-state index contributed by atoms with van der Waals surface area (Å²) in [7, 11) is -2.39. The lowest BCUT2D eigenvalue weighted by Crippen LogP contribution is -1.92. The zero-order valence-corrected chi connectivity index (χ0v) is 12.0. The van der Waals surface area contributed by atoms with E-state index in [0.717, 1.165) is 0 Å². The van der Waals surface area contributed by atoms with E-state index < -0.39 is 8.25 Å². The molecule has 0 radical (unpaired) electrons. The van der Waals surface area contributed by atoms with Crippen molar-refractivity contribution < 1.29 is 14.0 Å². The molecule has 0 amide bonds. The van der Waals surface area contributed by atoms with Crippen LogP contribution in [0.3, 0.4) is 0 Å². The van der Waals surface area contributed by atoms with Crippen molar-refractivity contribution >= 4 is 8.25 Å². The molecule has 1 unspecified atom stereocenters. The Morgan fingerprint density at radius 3 is 1.47 bits per heavy atom. The van der Waals surface area contributed by atoms with Crippen molar-refractivity contribution in [2.24, 2.45) is 0 Å². The standard InChI is InChI=1S/C12H10.C3H7O3P/c1-3-7-11(8-4-1)12-9-5-2-6-10-12;1-3(2)6-7(4)5/h1-10H;3H,1-2H3/p+1. The zero-order valence-electron chi connectivity index (χ0n) is 11.1. The van der Waals surface area contributed by atoms with Gasteiger partial charge < -0.3 is 0 Å². The first-order valence-corrected chi connectivity index (χ1v) is 7.16. The fraction of sp³-hybridized carbons (Fsp3) is 0.200. The van der Waals surface area contributed by atoms with Gasteiger partial charge in [0.1, 0.15) is 6.10 Å². The van der Waals surface area contributed by atoms with Crippen molar-refractivity contribution in [1.29, 1.82) is 0 Å². The Morgan fingerprint density at radius 1 is 0.895 bits per heavy atom. The van der Waals surface area contributed by atoms with Gasteiger partial charge in [0, 0.05) is 4.57 Å². The van der Waals surface area contributed by atoms with E-state index in [0.29, 0.717) is 0 Å². The summed E-state index contributed by atoms with van der Waals surface area (Å²) >= 11 is 0. The molecule has 3 nitrogen and oxygen atoms in total. The molecule has 2 aromatic rings. The van der Waals surface area contributed by atoms with Crippen LogP contribution in [-0.2, 0) is 9.09 Å².